The van der Waals surface area contributed by atoms with Crippen LogP contribution in [0.15, 0.2) is 22.9 Å². The second-order valence-corrected chi connectivity index (χ2v) is 4.86. The van der Waals surface area contributed by atoms with Gasteiger partial charge in [0.1, 0.15) is 12.4 Å². The van der Waals surface area contributed by atoms with E-state index in [1.54, 1.807) is 17.0 Å². The first kappa shape index (κ1) is 13.5. The van der Waals surface area contributed by atoms with Gasteiger partial charge in [-0.3, -0.25) is 0 Å². The van der Waals surface area contributed by atoms with Crippen LogP contribution in [0.5, 0.6) is 0 Å². The van der Waals surface area contributed by atoms with Crippen LogP contribution >= 0.6 is 15.9 Å². The molecule has 1 aromatic carbocycles. The molecule has 2 aromatic rings. The largest absolute Gasteiger partial charge is 0.373 e. The molecule has 0 amide bonds. The van der Waals surface area contributed by atoms with Gasteiger partial charge in [-0.25, -0.2) is 4.39 Å². The highest BCUT2D eigenvalue weighted by atomic mass is 79.9. The maximum absolute atomic E-state index is 14.0. The fourth-order valence-corrected chi connectivity index (χ4v) is 2.16. The van der Waals surface area contributed by atoms with Crippen molar-refractivity contribution >= 4 is 21.6 Å². The lowest BCUT2D eigenvalue weighted by Crippen LogP contribution is -2.13. The summed E-state index contributed by atoms with van der Waals surface area (Å²) in [7, 11) is 1.82. The van der Waals surface area contributed by atoms with Gasteiger partial charge in [-0.15, -0.1) is 10.2 Å². The zero-order valence-electron chi connectivity index (χ0n) is 10.4. The van der Waals surface area contributed by atoms with E-state index in [9.17, 15) is 4.39 Å². The maximum atomic E-state index is 14.0. The van der Waals surface area contributed by atoms with Crippen LogP contribution in [0.2, 0.25) is 0 Å². The third-order valence-electron chi connectivity index (χ3n) is 2.71. The van der Waals surface area contributed by atoms with Gasteiger partial charge >= 0.3 is 0 Å². The van der Waals surface area contributed by atoms with Crippen LogP contribution < -0.4 is 5.32 Å². The lowest BCUT2D eigenvalue weighted by Gasteiger charge is -2.15. The van der Waals surface area contributed by atoms with Crippen molar-refractivity contribution in [1.29, 1.82) is 5.26 Å². The molecule has 0 saturated carbocycles. The molecule has 1 aromatic heterocycles. The minimum atomic E-state index is -0.493. The molecule has 0 radical (unpaired) electrons. The monoisotopic (exact) mass is 323 g/mol. The van der Waals surface area contributed by atoms with Crippen molar-refractivity contribution in [1.82, 2.24) is 14.8 Å². The van der Waals surface area contributed by atoms with E-state index in [4.69, 9.17) is 5.26 Å². The first-order valence-corrected chi connectivity index (χ1v) is 6.32. The third kappa shape index (κ3) is 2.58. The molecule has 7 heteroatoms. The van der Waals surface area contributed by atoms with Gasteiger partial charge in [-0.05, 0) is 35.0 Å². The third-order valence-corrected chi connectivity index (χ3v) is 3.48. The van der Waals surface area contributed by atoms with Crippen molar-refractivity contribution < 1.29 is 4.39 Å². The van der Waals surface area contributed by atoms with Crippen LogP contribution in [0.4, 0.5) is 10.1 Å². The zero-order chi connectivity index (χ0) is 14.0. The molecular formula is C12H11BrFN5. The van der Waals surface area contributed by atoms with Crippen LogP contribution in [0.25, 0.3) is 0 Å². The number of nitrogens with one attached hydrogen (secondary N) is 1. The number of nitriles is 1. The van der Waals surface area contributed by atoms with Gasteiger partial charge < -0.3 is 9.88 Å². The zero-order valence-corrected chi connectivity index (χ0v) is 11.9. The van der Waals surface area contributed by atoms with Crippen molar-refractivity contribution in [3.8, 4) is 6.07 Å². The Labute approximate surface area is 118 Å². The molecule has 0 spiro atoms. The number of halogens is 2. The lowest BCUT2D eigenvalue weighted by atomic mass is 10.2. The number of anilines is 1. The van der Waals surface area contributed by atoms with E-state index < -0.39 is 5.82 Å². The van der Waals surface area contributed by atoms with E-state index in [1.807, 2.05) is 20.0 Å². The number of benzene rings is 1. The molecule has 0 aliphatic heterocycles. The molecule has 1 unspecified atom stereocenters. The Kier molecular flexibility index (Phi) is 3.81. The normalized spacial score (nSPS) is 11.9. The number of nitrogens with zero attached hydrogens (tertiary/aromatic N) is 4. The summed E-state index contributed by atoms with van der Waals surface area (Å²) >= 11 is 3.07. The van der Waals surface area contributed by atoms with Crippen molar-refractivity contribution in [2.45, 2.75) is 13.0 Å². The number of aromatic nitrogens is 3. The SMILES string of the molecule is CC(Nc1ccc(C#N)c(Br)c1F)c1nncn1C. The molecule has 1 atom stereocenters. The highest BCUT2D eigenvalue weighted by Crippen LogP contribution is 2.28. The minimum Gasteiger partial charge on any atom is -0.373 e. The Balaban J connectivity index is 2.28. The number of rotatable bonds is 3. The molecule has 98 valence electrons. The predicted molar refractivity (Wildman–Crippen MR) is 71.9 cm³/mol. The Hall–Kier alpha value is -1.94. The average Bonchev–Trinajstić information content (AvgIpc) is 2.81. The van der Waals surface area contributed by atoms with Crippen molar-refractivity contribution in [3.63, 3.8) is 0 Å². The summed E-state index contributed by atoms with van der Waals surface area (Å²) in [6.07, 6.45) is 1.58. The molecule has 0 bridgehead atoms. The van der Waals surface area contributed by atoms with Gasteiger partial charge in [0, 0.05) is 7.05 Å². The highest BCUT2D eigenvalue weighted by molar-refractivity contribution is 9.10. The lowest BCUT2D eigenvalue weighted by molar-refractivity contribution is 0.617. The predicted octanol–water partition coefficient (Wildman–Crippen LogP) is 2.76. The summed E-state index contributed by atoms with van der Waals surface area (Å²) in [5.41, 5.74) is 0.565. The molecule has 5 nitrogen and oxygen atoms in total. The van der Waals surface area contributed by atoms with Gasteiger partial charge in [0.2, 0.25) is 0 Å². The Bertz CT molecular complexity index is 646. The summed E-state index contributed by atoms with van der Waals surface area (Å²) in [6.45, 7) is 1.86. The fraction of sp³-hybridized carbons (Fsp3) is 0.250. The van der Waals surface area contributed by atoms with E-state index in [1.165, 1.54) is 6.07 Å². The quantitative estimate of drug-likeness (QED) is 0.943. The molecular weight excluding hydrogens is 313 g/mol. The first-order chi connectivity index (χ1) is 9.04. The molecule has 0 fully saturated rings. The Morgan fingerprint density at radius 3 is 2.84 bits per heavy atom. The molecule has 19 heavy (non-hydrogen) atoms. The van der Waals surface area contributed by atoms with Crippen LogP contribution in [0.1, 0.15) is 24.4 Å². The van der Waals surface area contributed by atoms with Crippen molar-refractivity contribution in [2.24, 2.45) is 7.05 Å². The van der Waals surface area contributed by atoms with Gasteiger partial charge in [0.25, 0.3) is 0 Å². The topological polar surface area (TPSA) is 66.5 Å². The van der Waals surface area contributed by atoms with Crippen LogP contribution in [-0.2, 0) is 7.05 Å². The van der Waals surface area contributed by atoms with Crippen LogP contribution in [0, 0.1) is 17.1 Å². The second kappa shape index (κ2) is 5.36. The maximum Gasteiger partial charge on any atom is 0.161 e. The molecule has 0 aliphatic carbocycles. The van der Waals surface area contributed by atoms with E-state index in [0.29, 0.717) is 11.5 Å². The summed E-state index contributed by atoms with van der Waals surface area (Å²) in [6, 6.07) is 4.79. The van der Waals surface area contributed by atoms with E-state index in [-0.39, 0.29) is 16.1 Å². The molecule has 1 heterocycles. The van der Waals surface area contributed by atoms with Gasteiger partial charge in [0.15, 0.2) is 11.6 Å². The minimum absolute atomic E-state index is 0.158. The number of hydrogen-bond donors (Lipinski definition) is 1. The fourth-order valence-electron chi connectivity index (χ4n) is 1.73. The average molecular weight is 324 g/mol. The van der Waals surface area contributed by atoms with Gasteiger partial charge in [0.05, 0.1) is 21.8 Å². The Morgan fingerprint density at radius 2 is 2.26 bits per heavy atom. The summed E-state index contributed by atoms with van der Waals surface area (Å²) in [5, 5.41) is 19.6. The summed E-state index contributed by atoms with van der Waals surface area (Å²) in [5.74, 6) is 0.202. The molecule has 0 saturated heterocycles. The van der Waals surface area contributed by atoms with Gasteiger partial charge in [-0.1, -0.05) is 0 Å². The number of hydrogen-bond acceptors (Lipinski definition) is 4. The molecule has 2 rings (SSSR count). The van der Waals surface area contributed by atoms with Crippen LogP contribution in [0.3, 0.4) is 0 Å². The summed E-state index contributed by atoms with van der Waals surface area (Å²) < 4.78 is 16.0. The number of aryl methyl sites for hydroxylation is 1. The van der Waals surface area contributed by atoms with Crippen LogP contribution in [-0.4, -0.2) is 14.8 Å². The second-order valence-electron chi connectivity index (χ2n) is 4.07. The Morgan fingerprint density at radius 1 is 1.53 bits per heavy atom. The van der Waals surface area contributed by atoms with Gasteiger partial charge in [-0.2, -0.15) is 5.26 Å². The standard InChI is InChI=1S/C12H11BrFN5/c1-7(12-18-16-6-19(12)2)17-9-4-3-8(5-15)10(13)11(9)14/h3-4,6-7,17H,1-2H3. The first-order valence-electron chi connectivity index (χ1n) is 5.53. The van der Waals surface area contributed by atoms with E-state index in [0.717, 1.165) is 0 Å². The van der Waals surface area contributed by atoms with Crippen molar-refractivity contribution in [3.05, 3.63) is 40.1 Å². The highest BCUT2D eigenvalue weighted by Gasteiger charge is 2.16. The van der Waals surface area contributed by atoms with E-state index in [2.05, 4.69) is 31.4 Å². The molecule has 0 aliphatic rings. The van der Waals surface area contributed by atoms with Crippen molar-refractivity contribution in [2.75, 3.05) is 5.32 Å². The summed E-state index contributed by atoms with van der Waals surface area (Å²) in [4.78, 5) is 0. The molecule has 1 N–H and O–H groups in total. The smallest absolute Gasteiger partial charge is 0.161 e. The van der Waals surface area contributed by atoms with E-state index >= 15 is 0 Å².